The highest BCUT2D eigenvalue weighted by molar-refractivity contribution is 7.92. The molecule has 0 aliphatic heterocycles. The molecule has 0 spiro atoms. The Bertz CT molecular complexity index is 1010. The molecular weight excluding hydrogens is 391 g/mol. The zero-order chi connectivity index (χ0) is 21.2. The van der Waals surface area contributed by atoms with Crippen LogP contribution in [0.25, 0.3) is 0 Å². The third-order valence-electron chi connectivity index (χ3n) is 5.40. The van der Waals surface area contributed by atoms with E-state index in [0.29, 0.717) is 0 Å². The zero-order valence-corrected chi connectivity index (χ0v) is 17.8. The Morgan fingerprint density at radius 3 is 2.52 bits per heavy atom. The summed E-state index contributed by atoms with van der Waals surface area (Å²) in [5, 5.41) is 2.91. The average molecular weight is 419 g/mol. The number of sulfonamides is 1. The number of aryl methyl sites for hydroxylation is 2. The zero-order valence-electron chi connectivity index (χ0n) is 17.0. The van der Waals surface area contributed by atoms with E-state index in [2.05, 4.69) is 17.4 Å². The fraction of sp³-hybridized carbons (Fsp3) is 0.409. The number of amides is 1. The van der Waals surface area contributed by atoms with E-state index in [0.717, 1.165) is 35.4 Å². The Balaban J connectivity index is 1.85. The van der Waals surface area contributed by atoms with E-state index in [1.54, 1.807) is 13.0 Å². The van der Waals surface area contributed by atoms with Crippen molar-refractivity contribution in [3.8, 4) is 0 Å². The summed E-state index contributed by atoms with van der Waals surface area (Å²) < 4.78 is 40.1. The Labute approximate surface area is 172 Å². The van der Waals surface area contributed by atoms with Crippen molar-refractivity contribution in [2.75, 3.05) is 10.6 Å². The summed E-state index contributed by atoms with van der Waals surface area (Å²) in [7, 11) is -3.87. The molecule has 0 bridgehead atoms. The first-order chi connectivity index (χ1) is 13.7. The van der Waals surface area contributed by atoms with E-state index in [-0.39, 0.29) is 18.2 Å². The molecule has 5 nitrogen and oxygen atoms in total. The lowest BCUT2D eigenvalue weighted by Gasteiger charge is -2.31. The van der Waals surface area contributed by atoms with E-state index < -0.39 is 27.8 Å². The smallest absolute Gasteiger partial charge is 0.244 e. The first kappa shape index (κ1) is 21.3. The Morgan fingerprint density at radius 2 is 1.86 bits per heavy atom. The van der Waals surface area contributed by atoms with Crippen LogP contribution < -0.4 is 9.62 Å². The van der Waals surface area contributed by atoms with Crippen LogP contribution in [0.4, 0.5) is 10.1 Å². The van der Waals surface area contributed by atoms with Gasteiger partial charge in [-0.1, -0.05) is 37.3 Å². The monoisotopic (exact) mass is 418 g/mol. The number of hydrogen-bond donors (Lipinski definition) is 1. The van der Waals surface area contributed by atoms with Crippen molar-refractivity contribution >= 4 is 21.6 Å². The van der Waals surface area contributed by atoms with Crippen LogP contribution in [-0.2, 0) is 27.7 Å². The molecule has 2 aromatic carbocycles. The van der Waals surface area contributed by atoms with Crippen molar-refractivity contribution in [2.24, 2.45) is 0 Å². The molecule has 0 heterocycles. The van der Waals surface area contributed by atoms with Gasteiger partial charge in [-0.05, 0) is 61.4 Å². The van der Waals surface area contributed by atoms with Gasteiger partial charge >= 0.3 is 0 Å². The number of benzene rings is 2. The van der Waals surface area contributed by atoms with Gasteiger partial charge in [0.1, 0.15) is 11.9 Å². The van der Waals surface area contributed by atoms with Crippen LogP contribution in [-0.4, -0.2) is 26.6 Å². The van der Waals surface area contributed by atoms with Crippen molar-refractivity contribution in [2.45, 2.75) is 51.6 Å². The topological polar surface area (TPSA) is 66.5 Å². The first-order valence-electron chi connectivity index (χ1n) is 9.88. The minimum absolute atomic E-state index is 0.123. The highest BCUT2D eigenvalue weighted by atomic mass is 32.2. The second-order valence-corrected chi connectivity index (χ2v) is 9.41. The van der Waals surface area contributed by atoms with Crippen molar-refractivity contribution in [1.82, 2.24) is 5.32 Å². The van der Waals surface area contributed by atoms with Crippen LogP contribution in [0.15, 0.2) is 42.5 Å². The molecule has 0 saturated heterocycles. The molecule has 2 aromatic rings. The maximum absolute atomic E-state index is 14.3. The molecule has 2 atom stereocenters. The minimum atomic E-state index is -3.87. The number of carbonyl (C=O) groups is 1. The van der Waals surface area contributed by atoms with Crippen molar-refractivity contribution in [1.29, 1.82) is 0 Å². The molecule has 1 amide bonds. The number of hydrogen-bond acceptors (Lipinski definition) is 3. The number of nitrogens with one attached hydrogen (secondary N) is 1. The second kappa shape index (κ2) is 8.53. The molecule has 7 heteroatoms. The van der Waals surface area contributed by atoms with Gasteiger partial charge in [0.05, 0.1) is 18.0 Å². The highest BCUT2D eigenvalue weighted by Crippen LogP contribution is 2.27. The number of nitrogens with zero attached hydrogens (tertiary/aromatic N) is 1. The van der Waals surface area contributed by atoms with E-state index in [1.165, 1.54) is 29.3 Å². The fourth-order valence-corrected chi connectivity index (χ4v) is 5.13. The molecule has 1 aliphatic rings. The summed E-state index contributed by atoms with van der Waals surface area (Å²) in [6.45, 7) is 3.58. The number of para-hydroxylation sites is 1. The lowest BCUT2D eigenvalue weighted by atomic mass is 10.0. The maximum Gasteiger partial charge on any atom is 0.244 e. The second-order valence-electron chi connectivity index (χ2n) is 7.55. The fourth-order valence-electron chi connectivity index (χ4n) is 3.92. The van der Waals surface area contributed by atoms with Crippen LogP contribution in [0.2, 0.25) is 0 Å². The average Bonchev–Trinajstić information content (AvgIpc) is 3.13. The van der Waals surface area contributed by atoms with Crippen LogP contribution in [0, 0.1) is 5.82 Å². The summed E-state index contributed by atoms with van der Waals surface area (Å²) in [5.74, 6) is -1.13. The summed E-state index contributed by atoms with van der Waals surface area (Å²) >= 11 is 0. The molecule has 0 saturated carbocycles. The number of carbonyl (C=O) groups excluding carboxylic acids is 1. The number of rotatable bonds is 7. The molecule has 0 unspecified atom stereocenters. The Kier molecular flexibility index (Phi) is 6.27. The van der Waals surface area contributed by atoms with Gasteiger partial charge < -0.3 is 5.32 Å². The number of halogens is 1. The first-order valence-corrected chi connectivity index (χ1v) is 11.7. The molecule has 156 valence electrons. The molecule has 3 rings (SSSR count). The summed E-state index contributed by atoms with van der Waals surface area (Å²) in [6.07, 6.45) is 4.46. The third-order valence-corrected chi connectivity index (χ3v) is 6.57. The van der Waals surface area contributed by atoms with Gasteiger partial charge in [-0.3, -0.25) is 9.10 Å². The predicted molar refractivity (Wildman–Crippen MR) is 113 cm³/mol. The summed E-state index contributed by atoms with van der Waals surface area (Å²) in [4.78, 5) is 13.0. The van der Waals surface area contributed by atoms with Gasteiger partial charge in [0.2, 0.25) is 15.9 Å². The normalized spacial score (nSPS) is 15.4. The van der Waals surface area contributed by atoms with E-state index in [1.807, 2.05) is 13.0 Å². The largest absolute Gasteiger partial charge is 0.348 e. The number of anilines is 1. The third kappa shape index (κ3) is 4.61. The summed E-state index contributed by atoms with van der Waals surface area (Å²) in [6, 6.07) is 10.5. The molecule has 29 heavy (non-hydrogen) atoms. The minimum Gasteiger partial charge on any atom is -0.348 e. The van der Waals surface area contributed by atoms with Crippen LogP contribution in [0.5, 0.6) is 0 Å². The summed E-state index contributed by atoms with van der Waals surface area (Å²) in [5.41, 5.74) is 3.51. The van der Waals surface area contributed by atoms with Crippen LogP contribution in [0.1, 0.15) is 49.4 Å². The quantitative estimate of drug-likeness (QED) is 0.745. The van der Waals surface area contributed by atoms with Crippen LogP contribution in [0.3, 0.4) is 0 Å². The molecular formula is C22H27FN2O3S. The van der Waals surface area contributed by atoms with Gasteiger partial charge in [-0.2, -0.15) is 0 Å². The Morgan fingerprint density at radius 1 is 1.17 bits per heavy atom. The highest BCUT2D eigenvalue weighted by Gasteiger charge is 2.33. The molecule has 0 aromatic heterocycles. The Hall–Kier alpha value is -2.41. The van der Waals surface area contributed by atoms with Crippen LogP contribution >= 0.6 is 0 Å². The van der Waals surface area contributed by atoms with Crippen molar-refractivity contribution < 1.29 is 17.6 Å². The standard InChI is InChI=1S/C22H27FN2O3S/c1-4-20(25(29(3,27)28)21-11-6-5-10-19(21)23)22(26)24-15(2)17-13-12-16-8-7-9-18(16)14-17/h5-6,10-15,20H,4,7-9H2,1-3H3,(H,24,26)/t15-,20+/m1/s1. The molecule has 0 fully saturated rings. The van der Waals surface area contributed by atoms with E-state index in [4.69, 9.17) is 0 Å². The molecule has 0 radical (unpaired) electrons. The van der Waals surface area contributed by atoms with Crippen molar-refractivity contribution in [3.63, 3.8) is 0 Å². The lowest BCUT2D eigenvalue weighted by Crippen LogP contribution is -2.50. The molecule has 1 aliphatic carbocycles. The van der Waals surface area contributed by atoms with Gasteiger partial charge in [0.25, 0.3) is 0 Å². The van der Waals surface area contributed by atoms with E-state index >= 15 is 0 Å². The van der Waals surface area contributed by atoms with Gasteiger partial charge in [-0.25, -0.2) is 12.8 Å². The lowest BCUT2D eigenvalue weighted by molar-refractivity contribution is -0.122. The van der Waals surface area contributed by atoms with Crippen molar-refractivity contribution in [3.05, 3.63) is 65.0 Å². The predicted octanol–water partition coefficient (Wildman–Crippen LogP) is 3.74. The number of fused-ring (bicyclic) bond motifs is 1. The van der Waals surface area contributed by atoms with Gasteiger partial charge in [0, 0.05) is 0 Å². The van der Waals surface area contributed by atoms with Gasteiger partial charge in [0.15, 0.2) is 0 Å². The van der Waals surface area contributed by atoms with E-state index in [9.17, 15) is 17.6 Å². The maximum atomic E-state index is 14.3. The van der Waals surface area contributed by atoms with Gasteiger partial charge in [-0.15, -0.1) is 0 Å². The SMILES string of the molecule is CC[C@@H](C(=O)N[C@H](C)c1ccc2c(c1)CCC2)N(c1ccccc1F)S(C)(=O)=O. The molecule has 1 N–H and O–H groups in total.